The molecule has 0 aromatic rings. The van der Waals surface area contributed by atoms with Crippen LogP contribution in [0, 0.1) is 0 Å². The van der Waals surface area contributed by atoms with Crippen LogP contribution in [-0.2, 0) is 4.79 Å². The Labute approximate surface area is 109 Å². The summed E-state index contributed by atoms with van der Waals surface area (Å²) in [4.78, 5) is 19.1. The SMILES string of the molecule is CC(C)N1CCC2(C1)N=C(NC(C)(C)C)NC2=O. The maximum Gasteiger partial charge on any atom is 0.256 e. The molecule has 0 aromatic heterocycles. The molecule has 2 heterocycles. The molecular formula is C13H24N4O. The van der Waals surface area contributed by atoms with Crippen molar-refractivity contribution in [3.8, 4) is 0 Å². The van der Waals surface area contributed by atoms with E-state index in [0.717, 1.165) is 19.5 Å². The molecule has 2 aliphatic heterocycles. The average molecular weight is 252 g/mol. The number of amides is 1. The van der Waals surface area contributed by atoms with Crippen LogP contribution < -0.4 is 10.6 Å². The van der Waals surface area contributed by atoms with Crippen molar-refractivity contribution >= 4 is 11.9 Å². The summed E-state index contributed by atoms with van der Waals surface area (Å²) in [5, 5.41) is 6.12. The van der Waals surface area contributed by atoms with Crippen molar-refractivity contribution in [2.45, 2.75) is 58.2 Å². The molecule has 1 fully saturated rings. The molecule has 1 amide bonds. The van der Waals surface area contributed by atoms with E-state index < -0.39 is 5.54 Å². The van der Waals surface area contributed by atoms with Crippen LogP contribution in [-0.4, -0.2) is 47.0 Å². The van der Waals surface area contributed by atoms with Crippen LogP contribution in [0.1, 0.15) is 41.0 Å². The Morgan fingerprint density at radius 2 is 2.11 bits per heavy atom. The molecule has 5 heteroatoms. The van der Waals surface area contributed by atoms with E-state index in [9.17, 15) is 4.79 Å². The van der Waals surface area contributed by atoms with Crippen molar-refractivity contribution in [2.24, 2.45) is 4.99 Å². The third kappa shape index (κ3) is 2.51. The van der Waals surface area contributed by atoms with E-state index in [0.29, 0.717) is 12.0 Å². The number of aliphatic imine (C=N–C) groups is 1. The van der Waals surface area contributed by atoms with E-state index in [2.05, 4.69) is 55.1 Å². The summed E-state index contributed by atoms with van der Waals surface area (Å²) >= 11 is 0. The minimum atomic E-state index is -0.558. The highest BCUT2D eigenvalue weighted by molar-refractivity contribution is 6.07. The molecule has 0 bridgehead atoms. The fraction of sp³-hybridized carbons (Fsp3) is 0.846. The molecule has 5 nitrogen and oxygen atoms in total. The van der Waals surface area contributed by atoms with Gasteiger partial charge in [-0.25, -0.2) is 4.99 Å². The van der Waals surface area contributed by atoms with Crippen LogP contribution in [0.25, 0.3) is 0 Å². The van der Waals surface area contributed by atoms with Gasteiger partial charge in [-0.15, -0.1) is 0 Å². The van der Waals surface area contributed by atoms with Crippen LogP contribution in [0.3, 0.4) is 0 Å². The van der Waals surface area contributed by atoms with Crippen LogP contribution in [0.5, 0.6) is 0 Å². The fourth-order valence-corrected chi connectivity index (χ4v) is 2.47. The van der Waals surface area contributed by atoms with E-state index in [-0.39, 0.29) is 11.4 Å². The number of rotatable bonds is 1. The fourth-order valence-electron chi connectivity index (χ4n) is 2.47. The molecule has 0 aromatic carbocycles. The number of carbonyl (C=O) groups excluding carboxylic acids is 1. The highest BCUT2D eigenvalue weighted by Crippen LogP contribution is 2.30. The molecule has 1 saturated heterocycles. The highest BCUT2D eigenvalue weighted by Gasteiger charge is 2.49. The maximum atomic E-state index is 12.2. The zero-order valence-corrected chi connectivity index (χ0v) is 12.0. The van der Waals surface area contributed by atoms with Gasteiger partial charge >= 0.3 is 0 Å². The van der Waals surface area contributed by atoms with E-state index in [1.807, 2.05) is 0 Å². The van der Waals surface area contributed by atoms with Gasteiger partial charge in [-0.1, -0.05) is 0 Å². The number of hydrogen-bond donors (Lipinski definition) is 2. The van der Waals surface area contributed by atoms with Gasteiger partial charge in [0.2, 0.25) is 0 Å². The van der Waals surface area contributed by atoms with Gasteiger partial charge in [0, 0.05) is 24.7 Å². The second kappa shape index (κ2) is 4.23. The van der Waals surface area contributed by atoms with Gasteiger partial charge in [-0.2, -0.15) is 0 Å². The van der Waals surface area contributed by atoms with Gasteiger partial charge in [0.15, 0.2) is 11.5 Å². The van der Waals surface area contributed by atoms with E-state index in [4.69, 9.17) is 0 Å². The lowest BCUT2D eigenvalue weighted by atomic mass is 10.00. The molecule has 1 spiro atoms. The topological polar surface area (TPSA) is 56.7 Å². The molecule has 2 rings (SSSR count). The lowest BCUT2D eigenvalue weighted by molar-refractivity contribution is -0.123. The molecule has 18 heavy (non-hydrogen) atoms. The predicted octanol–water partition coefficient (Wildman–Crippen LogP) is 0.713. The van der Waals surface area contributed by atoms with Gasteiger partial charge in [0.25, 0.3) is 5.91 Å². The van der Waals surface area contributed by atoms with Crippen LogP contribution in [0.4, 0.5) is 0 Å². The Balaban J connectivity index is 2.12. The molecule has 0 saturated carbocycles. The Bertz CT molecular complexity index is 383. The molecule has 1 unspecified atom stereocenters. The van der Waals surface area contributed by atoms with Crippen molar-refractivity contribution in [1.29, 1.82) is 0 Å². The average Bonchev–Trinajstić information content (AvgIpc) is 2.71. The number of carbonyl (C=O) groups is 1. The minimum Gasteiger partial charge on any atom is -0.351 e. The Hall–Kier alpha value is -1.10. The summed E-state index contributed by atoms with van der Waals surface area (Å²) in [6.07, 6.45) is 0.812. The molecule has 2 aliphatic rings. The second-order valence-electron chi connectivity index (χ2n) is 6.64. The van der Waals surface area contributed by atoms with Gasteiger partial charge in [-0.3, -0.25) is 15.0 Å². The second-order valence-corrected chi connectivity index (χ2v) is 6.64. The first kappa shape index (κ1) is 13.3. The summed E-state index contributed by atoms with van der Waals surface area (Å²) in [6.45, 7) is 12.2. The molecule has 0 aliphatic carbocycles. The first-order valence-electron chi connectivity index (χ1n) is 6.65. The number of likely N-dealkylation sites (tertiary alicyclic amines) is 1. The van der Waals surface area contributed by atoms with Crippen molar-refractivity contribution in [2.75, 3.05) is 13.1 Å². The van der Waals surface area contributed by atoms with Crippen molar-refractivity contribution in [3.05, 3.63) is 0 Å². The standard InChI is InChI=1S/C13H24N4O/c1-9(2)17-7-6-13(8-17)10(18)14-11(16-13)15-12(3,4)5/h9H,6-8H2,1-5H3,(H2,14,15,16,18). The summed E-state index contributed by atoms with van der Waals surface area (Å²) in [5.41, 5.74) is -0.647. The largest absolute Gasteiger partial charge is 0.351 e. The van der Waals surface area contributed by atoms with Crippen LogP contribution >= 0.6 is 0 Å². The smallest absolute Gasteiger partial charge is 0.256 e. The van der Waals surface area contributed by atoms with Crippen molar-refractivity contribution in [1.82, 2.24) is 15.5 Å². The molecule has 0 radical (unpaired) electrons. The zero-order chi connectivity index (χ0) is 13.6. The molecule has 2 N–H and O–H groups in total. The lowest BCUT2D eigenvalue weighted by Gasteiger charge is -2.22. The van der Waals surface area contributed by atoms with E-state index >= 15 is 0 Å². The van der Waals surface area contributed by atoms with Gasteiger partial charge in [0.1, 0.15) is 0 Å². The normalized spacial score (nSPS) is 29.0. The van der Waals surface area contributed by atoms with Crippen LogP contribution in [0.15, 0.2) is 4.99 Å². The van der Waals surface area contributed by atoms with E-state index in [1.165, 1.54) is 0 Å². The molecule has 102 valence electrons. The Morgan fingerprint density at radius 1 is 1.44 bits per heavy atom. The van der Waals surface area contributed by atoms with Gasteiger partial charge < -0.3 is 5.32 Å². The molecule has 1 atom stereocenters. The third-order valence-electron chi connectivity index (χ3n) is 3.48. The van der Waals surface area contributed by atoms with E-state index in [1.54, 1.807) is 0 Å². The van der Waals surface area contributed by atoms with Crippen LogP contribution in [0.2, 0.25) is 0 Å². The first-order valence-corrected chi connectivity index (χ1v) is 6.65. The zero-order valence-electron chi connectivity index (χ0n) is 12.0. The first-order chi connectivity index (χ1) is 8.22. The minimum absolute atomic E-state index is 0.0393. The molecular weight excluding hydrogens is 228 g/mol. The predicted molar refractivity (Wildman–Crippen MR) is 72.5 cm³/mol. The summed E-state index contributed by atoms with van der Waals surface area (Å²) in [5.74, 6) is 0.663. The van der Waals surface area contributed by atoms with Gasteiger partial charge in [0.05, 0.1) is 0 Å². The Kier molecular flexibility index (Phi) is 3.13. The number of nitrogens with zero attached hydrogens (tertiary/aromatic N) is 2. The summed E-state index contributed by atoms with van der Waals surface area (Å²) in [6, 6.07) is 0.465. The quantitative estimate of drug-likeness (QED) is 0.723. The van der Waals surface area contributed by atoms with Gasteiger partial charge in [-0.05, 0) is 41.0 Å². The summed E-state index contributed by atoms with van der Waals surface area (Å²) in [7, 11) is 0. The van der Waals surface area contributed by atoms with Crippen molar-refractivity contribution < 1.29 is 4.79 Å². The maximum absolute atomic E-state index is 12.2. The number of nitrogens with one attached hydrogen (secondary N) is 2. The third-order valence-corrected chi connectivity index (χ3v) is 3.48. The highest BCUT2D eigenvalue weighted by atomic mass is 16.2. The monoisotopic (exact) mass is 252 g/mol. The number of guanidine groups is 1. The lowest BCUT2D eigenvalue weighted by Crippen LogP contribution is -2.48. The summed E-state index contributed by atoms with van der Waals surface area (Å²) < 4.78 is 0. The van der Waals surface area contributed by atoms with Crippen molar-refractivity contribution in [3.63, 3.8) is 0 Å². The Morgan fingerprint density at radius 3 is 2.61 bits per heavy atom. The number of hydrogen-bond acceptors (Lipinski definition) is 4.